The number of likely N-dealkylation sites (tertiary alicyclic amines) is 1. The van der Waals surface area contributed by atoms with Gasteiger partial charge in [0.2, 0.25) is 10.0 Å². The summed E-state index contributed by atoms with van der Waals surface area (Å²) >= 11 is 12.3. The van der Waals surface area contributed by atoms with Crippen LogP contribution in [-0.2, 0) is 10.0 Å². The van der Waals surface area contributed by atoms with Crippen molar-refractivity contribution < 1.29 is 22.3 Å². The maximum Gasteiger partial charge on any atom is 0.267 e. The summed E-state index contributed by atoms with van der Waals surface area (Å²) in [5.74, 6) is -1.16. The van der Waals surface area contributed by atoms with E-state index in [2.05, 4.69) is 18.7 Å². The minimum Gasteiger partial charge on any atom is -0.493 e. The molecule has 0 spiro atoms. The number of nitrogens with one attached hydrogen (secondary N) is 1. The number of nitrogens with zero attached hydrogens (tertiary/aromatic N) is 1. The number of piperidine rings is 1. The fourth-order valence-corrected chi connectivity index (χ4v) is 5.39. The molecule has 1 amide bonds. The van der Waals surface area contributed by atoms with Crippen LogP contribution >= 0.6 is 23.2 Å². The van der Waals surface area contributed by atoms with Gasteiger partial charge in [-0.3, -0.25) is 9.69 Å². The van der Waals surface area contributed by atoms with Gasteiger partial charge in [-0.1, -0.05) is 36.2 Å². The summed E-state index contributed by atoms with van der Waals surface area (Å²) in [5, 5.41) is 1.09. The van der Waals surface area contributed by atoms with Crippen LogP contribution in [0.25, 0.3) is 0 Å². The van der Waals surface area contributed by atoms with Crippen molar-refractivity contribution in [3.05, 3.63) is 62.9 Å². The van der Waals surface area contributed by atoms with E-state index in [9.17, 15) is 17.6 Å². The van der Waals surface area contributed by atoms with Crippen molar-refractivity contribution in [2.45, 2.75) is 51.5 Å². The first-order valence-electron chi connectivity index (χ1n) is 12.0. The van der Waals surface area contributed by atoms with Crippen molar-refractivity contribution in [1.29, 1.82) is 0 Å². The normalized spacial score (nSPS) is 19.1. The summed E-state index contributed by atoms with van der Waals surface area (Å²) in [7, 11) is -3.80. The molecular formula is C26H31Cl2FN2O4S. The molecule has 1 atom stereocenters. The van der Waals surface area contributed by atoms with Crippen molar-refractivity contribution in [3.63, 3.8) is 0 Å². The summed E-state index contributed by atoms with van der Waals surface area (Å²) in [6.07, 6.45) is 4.53. The number of halogens is 3. The topological polar surface area (TPSA) is 75.7 Å². The third-order valence-electron chi connectivity index (χ3n) is 7.19. The number of carbonyl (C=O) groups excluding carboxylic acids is 1. The van der Waals surface area contributed by atoms with Crippen molar-refractivity contribution in [2.75, 3.05) is 26.0 Å². The van der Waals surface area contributed by atoms with E-state index in [1.165, 1.54) is 12.1 Å². The highest BCUT2D eigenvalue weighted by Crippen LogP contribution is 2.46. The molecule has 1 saturated carbocycles. The molecule has 2 aromatic rings. The average molecular weight is 558 g/mol. The zero-order valence-electron chi connectivity index (χ0n) is 20.6. The summed E-state index contributed by atoms with van der Waals surface area (Å²) in [6.45, 7) is 6.53. The number of hydrogen-bond donors (Lipinski definition) is 1. The van der Waals surface area contributed by atoms with Crippen molar-refractivity contribution in [1.82, 2.24) is 9.62 Å². The molecule has 1 aliphatic carbocycles. The number of sulfonamides is 1. The van der Waals surface area contributed by atoms with Crippen molar-refractivity contribution >= 4 is 39.1 Å². The van der Waals surface area contributed by atoms with E-state index in [-0.39, 0.29) is 22.9 Å². The Labute approximate surface area is 222 Å². The molecule has 1 saturated heterocycles. The lowest BCUT2D eigenvalue weighted by Crippen LogP contribution is -2.42. The van der Waals surface area contributed by atoms with Gasteiger partial charge in [-0.25, -0.2) is 17.5 Å². The highest BCUT2D eigenvalue weighted by molar-refractivity contribution is 7.89. The van der Waals surface area contributed by atoms with Crippen LogP contribution in [0.15, 0.2) is 30.3 Å². The molecule has 0 aromatic heterocycles. The van der Waals surface area contributed by atoms with Crippen LogP contribution in [0.2, 0.25) is 10.0 Å². The number of amides is 1. The van der Waals surface area contributed by atoms with Crippen LogP contribution in [0.4, 0.5) is 4.39 Å². The van der Waals surface area contributed by atoms with Crippen molar-refractivity contribution in [2.24, 2.45) is 5.41 Å². The van der Waals surface area contributed by atoms with Crippen LogP contribution in [-0.4, -0.2) is 45.2 Å². The second kappa shape index (κ2) is 10.5. The van der Waals surface area contributed by atoms with Gasteiger partial charge in [0.25, 0.3) is 5.91 Å². The summed E-state index contributed by atoms with van der Waals surface area (Å²) in [6, 6.07) is 8.60. The maximum absolute atomic E-state index is 14.8. The van der Waals surface area contributed by atoms with Crippen LogP contribution in [0.5, 0.6) is 5.75 Å². The quantitative estimate of drug-likeness (QED) is 0.435. The van der Waals surface area contributed by atoms with E-state index in [0.717, 1.165) is 56.2 Å². The zero-order chi connectivity index (χ0) is 26.3. The SMILES string of the molecule is C[C@@H](c1ccc(Cl)c(Cl)c1)N1CCC(C)(COc2cc(F)c(C(=O)NS(C)(=O)=O)cc2C2CC2)CC1. The van der Waals surface area contributed by atoms with E-state index in [1.807, 2.05) is 22.9 Å². The lowest BCUT2D eigenvalue weighted by Gasteiger charge is -2.42. The highest BCUT2D eigenvalue weighted by atomic mass is 35.5. The van der Waals surface area contributed by atoms with E-state index >= 15 is 0 Å². The average Bonchev–Trinajstić information content (AvgIpc) is 3.64. The van der Waals surface area contributed by atoms with Gasteiger partial charge in [0.1, 0.15) is 11.6 Å². The Morgan fingerprint density at radius 1 is 1.19 bits per heavy atom. The number of hydrogen-bond acceptors (Lipinski definition) is 5. The number of rotatable bonds is 8. The monoisotopic (exact) mass is 556 g/mol. The second-order valence-corrected chi connectivity index (χ2v) is 12.9. The van der Waals surface area contributed by atoms with Crippen LogP contribution in [0.1, 0.15) is 73.0 Å². The first-order valence-corrected chi connectivity index (χ1v) is 14.7. The van der Waals surface area contributed by atoms with Gasteiger partial charge in [0, 0.05) is 17.5 Å². The molecule has 1 heterocycles. The lowest BCUT2D eigenvalue weighted by molar-refractivity contribution is 0.0510. The standard InChI is InChI=1S/C26H31Cl2FN2O4S/c1-16(18-6-7-21(27)22(28)12-18)31-10-8-26(2,9-11-31)15-35-24-14-23(29)20(13-19(24)17-4-5-17)25(32)30-36(3,33)34/h6-7,12-14,16-17H,4-5,8-11,15H2,1-3H3,(H,30,32)/t16-/m0/s1. The Balaban J connectivity index is 1.41. The third kappa shape index (κ3) is 6.52. The molecule has 6 nitrogen and oxygen atoms in total. The first-order chi connectivity index (χ1) is 16.8. The maximum atomic E-state index is 14.8. The molecule has 0 unspecified atom stereocenters. The van der Waals surface area contributed by atoms with Gasteiger partial charge in [-0.05, 0) is 80.9 Å². The molecule has 0 radical (unpaired) electrons. The molecule has 36 heavy (non-hydrogen) atoms. The smallest absolute Gasteiger partial charge is 0.267 e. The Morgan fingerprint density at radius 3 is 2.44 bits per heavy atom. The molecule has 2 fully saturated rings. The molecule has 0 bridgehead atoms. The predicted molar refractivity (Wildman–Crippen MR) is 140 cm³/mol. The van der Waals surface area contributed by atoms with E-state index in [1.54, 1.807) is 0 Å². The number of benzene rings is 2. The molecule has 1 aliphatic heterocycles. The van der Waals surface area contributed by atoms with E-state index < -0.39 is 21.7 Å². The number of ether oxygens (including phenoxy) is 1. The van der Waals surface area contributed by atoms with Gasteiger partial charge < -0.3 is 4.74 Å². The van der Waals surface area contributed by atoms with E-state index in [0.29, 0.717) is 22.4 Å². The zero-order valence-corrected chi connectivity index (χ0v) is 22.9. The van der Waals surface area contributed by atoms with Gasteiger partial charge in [0.05, 0.1) is 28.5 Å². The van der Waals surface area contributed by atoms with Crippen LogP contribution in [0, 0.1) is 11.2 Å². The summed E-state index contributed by atoms with van der Waals surface area (Å²) in [5.41, 5.74) is 1.50. The Kier molecular flexibility index (Phi) is 7.91. The lowest BCUT2D eigenvalue weighted by atomic mass is 9.80. The summed E-state index contributed by atoms with van der Waals surface area (Å²) in [4.78, 5) is 14.7. The molecule has 10 heteroatoms. The summed E-state index contributed by atoms with van der Waals surface area (Å²) < 4.78 is 45.6. The second-order valence-electron chi connectivity index (χ2n) is 10.3. The number of carbonyl (C=O) groups is 1. The van der Waals surface area contributed by atoms with Crippen LogP contribution in [0.3, 0.4) is 0 Å². The fraction of sp³-hybridized carbons (Fsp3) is 0.500. The molecule has 4 rings (SSSR count). The first kappa shape index (κ1) is 27.2. The molecule has 2 aromatic carbocycles. The Hall–Kier alpha value is -1.87. The molecule has 2 aliphatic rings. The highest BCUT2D eigenvalue weighted by Gasteiger charge is 2.35. The molecule has 1 N–H and O–H groups in total. The Bertz CT molecular complexity index is 1260. The fourth-order valence-electron chi connectivity index (χ4n) is 4.64. The van der Waals surface area contributed by atoms with Crippen LogP contribution < -0.4 is 9.46 Å². The van der Waals surface area contributed by atoms with Gasteiger partial charge in [-0.15, -0.1) is 0 Å². The third-order valence-corrected chi connectivity index (χ3v) is 8.49. The largest absolute Gasteiger partial charge is 0.493 e. The molecule has 196 valence electrons. The van der Waals surface area contributed by atoms with Gasteiger partial charge in [-0.2, -0.15) is 0 Å². The molecular weight excluding hydrogens is 526 g/mol. The minimum absolute atomic E-state index is 0.0858. The van der Waals surface area contributed by atoms with E-state index in [4.69, 9.17) is 27.9 Å². The van der Waals surface area contributed by atoms with Crippen molar-refractivity contribution in [3.8, 4) is 5.75 Å². The predicted octanol–water partition coefficient (Wildman–Crippen LogP) is 5.94. The minimum atomic E-state index is -3.80. The van der Waals surface area contributed by atoms with Gasteiger partial charge in [0.15, 0.2) is 0 Å². The Morgan fingerprint density at radius 2 is 1.86 bits per heavy atom. The van der Waals surface area contributed by atoms with Gasteiger partial charge >= 0.3 is 0 Å².